The van der Waals surface area contributed by atoms with Gasteiger partial charge in [0.25, 0.3) is 0 Å². The van der Waals surface area contributed by atoms with Gasteiger partial charge in [0.1, 0.15) is 0 Å². The summed E-state index contributed by atoms with van der Waals surface area (Å²) in [5.74, 6) is -0.117. The number of hydrogen-bond acceptors (Lipinski definition) is 4. The molecule has 1 fully saturated rings. The lowest BCUT2D eigenvalue weighted by atomic mass is 10.0. The fourth-order valence-electron chi connectivity index (χ4n) is 2.83. The summed E-state index contributed by atoms with van der Waals surface area (Å²) in [7, 11) is -7.00. The van der Waals surface area contributed by atoms with Crippen LogP contribution in [-0.2, 0) is 19.9 Å². The topological polar surface area (TPSA) is 71.5 Å². The van der Waals surface area contributed by atoms with Gasteiger partial charge in [0.05, 0.1) is 16.4 Å². The van der Waals surface area contributed by atoms with Crippen molar-refractivity contribution in [3.8, 4) is 0 Å². The molecule has 2 rings (SSSR count). The molecule has 0 N–H and O–H groups in total. The van der Waals surface area contributed by atoms with Crippen LogP contribution >= 0.6 is 31.9 Å². The highest BCUT2D eigenvalue weighted by molar-refractivity contribution is 9.11. The van der Waals surface area contributed by atoms with Crippen molar-refractivity contribution in [3.63, 3.8) is 0 Å². The van der Waals surface area contributed by atoms with Gasteiger partial charge in [-0.1, -0.05) is 22.9 Å². The minimum absolute atomic E-state index is 0.0230. The summed E-state index contributed by atoms with van der Waals surface area (Å²) in [6.45, 7) is 3.64. The predicted octanol–water partition coefficient (Wildman–Crippen LogP) is 2.80. The van der Waals surface area contributed by atoms with E-state index in [4.69, 9.17) is 0 Å². The van der Waals surface area contributed by atoms with Crippen molar-refractivity contribution >= 4 is 51.7 Å². The van der Waals surface area contributed by atoms with Crippen molar-refractivity contribution in [2.75, 3.05) is 18.1 Å². The zero-order valence-electron chi connectivity index (χ0n) is 12.2. The van der Waals surface area contributed by atoms with Gasteiger partial charge < -0.3 is 0 Å². The molecule has 0 spiro atoms. The molecule has 0 bridgehead atoms. The van der Waals surface area contributed by atoms with Crippen molar-refractivity contribution < 1.29 is 16.8 Å². The summed E-state index contributed by atoms with van der Waals surface area (Å²) in [5.41, 5.74) is -0.909. The maximum atomic E-state index is 13.0. The van der Waals surface area contributed by atoms with Crippen LogP contribution in [0.1, 0.15) is 20.3 Å². The molecule has 0 aliphatic carbocycles. The van der Waals surface area contributed by atoms with Crippen LogP contribution < -0.4 is 0 Å². The number of sulfone groups is 1. The lowest BCUT2D eigenvalue weighted by molar-refractivity contribution is 0.243. The van der Waals surface area contributed by atoms with Gasteiger partial charge in [-0.2, -0.15) is 4.31 Å². The van der Waals surface area contributed by atoms with Crippen molar-refractivity contribution in [1.82, 2.24) is 4.31 Å². The van der Waals surface area contributed by atoms with E-state index in [0.717, 1.165) is 0 Å². The molecule has 0 aromatic heterocycles. The van der Waals surface area contributed by atoms with Gasteiger partial charge in [0.15, 0.2) is 9.84 Å². The second-order valence-electron chi connectivity index (χ2n) is 5.58. The standard InChI is InChI=1S/C13H17Br2NO4S2/c1-3-16(13(2)6-7-21(17,18)9-13)22(19,20)12-8-10(14)4-5-11(12)15/h4-5,8H,3,6-7,9H2,1-2H3/t13-/m1/s1. The van der Waals surface area contributed by atoms with Gasteiger partial charge in [-0.3, -0.25) is 0 Å². The Kier molecular flexibility index (Phi) is 5.15. The smallest absolute Gasteiger partial charge is 0.229 e. The van der Waals surface area contributed by atoms with Crippen LogP contribution in [0.3, 0.4) is 0 Å². The second kappa shape index (κ2) is 6.16. The first-order valence-electron chi connectivity index (χ1n) is 6.70. The predicted molar refractivity (Wildman–Crippen MR) is 93.1 cm³/mol. The van der Waals surface area contributed by atoms with Crippen LogP contribution in [0, 0.1) is 0 Å². The molecule has 1 aliphatic heterocycles. The number of benzene rings is 1. The molecule has 1 aromatic rings. The molecule has 1 saturated heterocycles. The van der Waals surface area contributed by atoms with Gasteiger partial charge in [0.2, 0.25) is 10.0 Å². The van der Waals surface area contributed by atoms with Crippen LogP contribution in [0.2, 0.25) is 0 Å². The fraction of sp³-hybridized carbons (Fsp3) is 0.538. The minimum Gasteiger partial charge on any atom is -0.229 e. The van der Waals surface area contributed by atoms with Gasteiger partial charge in [-0.15, -0.1) is 0 Å². The first-order chi connectivity index (χ1) is 10.0. The van der Waals surface area contributed by atoms with E-state index in [-0.39, 0.29) is 22.9 Å². The molecule has 0 unspecified atom stereocenters. The number of sulfonamides is 1. The molecule has 1 aromatic carbocycles. The maximum Gasteiger partial charge on any atom is 0.244 e. The molecule has 1 atom stereocenters. The molecular formula is C13H17Br2NO4S2. The van der Waals surface area contributed by atoms with Crippen LogP contribution in [0.25, 0.3) is 0 Å². The van der Waals surface area contributed by atoms with E-state index in [1.807, 2.05) is 0 Å². The third kappa shape index (κ3) is 3.43. The number of rotatable bonds is 4. The molecule has 5 nitrogen and oxygen atoms in total. The summed E-state index contributed by atoms with van der Waals surface area (Å²) in [5, 5.41) is 0. The molecule has 1 heterocycles. The second-order valence-corrected chi connectivity index (χ2v) is 11.4. The zero-order chi connectivity index (χ0) is 16.8. The molecule has 0 amide bonds. The minimum atomic E-state index is -3.80. The molecule has 124 valence electrons. The lowest BCUT2D eigenvalue weighted by Crippen LogP contribution is -2.50. The van der Waals surface area contributed by atoms with E-state index in [2.05, 4.69) is 31.9 Å². The van der Waals surface area contributed by atoms with Crippen LogP contribution in [0.15, 0.2) is 32.0 Å². The van der Waals surface area contributed by atoms with Gasteiger partial charge >= 0.3 is 0 Å². The SMILES string of the molecule is CCN([C@]1(C)CCS(=O)(=O)C1)S(=O)(=O)c1cc(Br)ccc1Br. The number of halogens is 2. The lowest BCUT2D eigenvalue weighted by Gasteiger charge is -2.35. The highest BCUT2D eigenvalue weighted by Crippen LogP contribution is 2.36. The van der Waals surface area contributed by atoms with Gasteiger partial charge in [-0.25, -0.2) is 16.8 Å². The number of nitrogens with zero attached hydrogens (tertiary/aromatic N) is 1. The van der Waals surface area contributed by atoms with Crippen LogP contribution in [0.5, 0.6) is 0 Å². The van der Waals surface area contributed by atoms with E-state index in [1.165, 1.54) is 10.4 Å². The van der Waals surface area contributed by atoms with Crippen LogP contribution in [-0.4, -0.2) is 44.7 Å². The highest BCUT2D eigenvalue weighted by atomic mass is 79.9. The Balaban J connectivity index is 2.53. The molecule has 22 heavy (non-hydrogen) atoms. The van der Waals surface area contributed by atoms with Crippen molar-refractivity contribution in [2.45, 2.75) is 30.7 Å². The summed E-state index contributed by atoms with van der Waals surface area (Å²) in [6, 6.07) is 4.91. The van der Waals surface area contributed by atoms with Crippen molar-refractivity contribution in [2.24, 2.45) is 0 Å². The normalized spacial score (nSPS) is 24.8. The molecule has 0 radical (unpaired) electrons. The molecule has 1 aliphatic rings. The molecular weight excluding hydrogens is 458 g/mol. The average molecular weight is 475 g/mol. The monoisotopic (exact) mass is 473 g/mol. The first kappa shape index (κ1) is 18.4. The summed E-state index contributed by atoms with van der Waals surface area (Å²) in [6.07, 6.45) is 0.314. The Bertz CT molecular complexity index is 792. The number of hydrogen-bond donors (Lipinski definition) is 0. The van der Waals surface area contributed by atoms with E-state index in [9.17, 15) is 16.8 Å². The Labute approximate surface area is 148 Å². The molecule has 9 heteroatoms. The summed E-state index contributed by atoms with van der Waals surface area (Å²) >= 11 is 6.54. The largest absolute Gasteiger partial charge is 0.244 e. The van der Waals surface area contributed by atoms with E-state index < -0.39 is 25.4 Å². The average Bonchev–Trinajstić information content (AvgIpc) is 2.67. The highest BCUT2D eigenvalue weighted by Gasteiger charge is 2.47. The zero-order valence-corrected chi connectivity index (χ0v) is 17.0. The van der Waals surface area contributed by atoms with E-state index >= 15 is 0 Å². The maximum absolute atomic E-state index is 13.0. The Morgan fingerprint density at radius 1 is 1.32 bits per heavy atom. The van der Waals surface area contributed by atoms with Gasteiger partial charge in [0, 0.05) is 21.0 Å². The van der Waals surface area contributed by atoms with Crippen LogP contribution in [0.4, 0.5) is 0 Å². The Morgan fingerprint density at radius 3 is 2.45 bits per heavy atom. The third-order valence-electron chi connectivity index (χ3n) is 3.83. The Hall–Kier alpha value is 0.0400. The Morgan fingerprint density at radius 2 is 1.95 bits per heavy atom. The van der Waals surface area contributed by atoms with E-state index in [1.54, 1.807) is 26.0 Å². The quantitative estimate of drug-likeness (QED) is 0.672. The third-order valence-corrected chi connectivity index (χ3v) is 9.34. The van der Waals surface area contributed by atoms with Crippen molar-refractivity contribution in [3.05, 3.63) is 27.1 Å². The van der Waals surface area contributed by atoms with Gasteiger partial charge in [-0.05, 0) is 47.5 Å². The fourth-order valence-corrected chi connectivity index (χ4v) is 8.33. The first-order valence-corrected chi connectivity index (χ1v) is 11.5. The molecule has 0 saturated carbocycles. The summed E-state index contributed by atoms with van der Waals surface area (Å²) < 4.78 is 52.1. The summed E-state index contributed by atoms with van der Waals surface area (Å²) in [4.78, 5) is 0.134. The van der Waals surface area contributed by atoms with Crippen molar-refractivity contribution in [1.29, 1.82) is 0 Å². The van der Waals surface area contributed by atoms with E-state index in [0.29, 0.717) is 15.4 Å².